The number of amides is 2. The number of halogens is 3. The maximum absolute atomic E-state index is 12.3. The van der Waals surface area contributed by atoms with Crippen molar-refractivity contribution in [1.29, 1.82) is 0 Å². The van der Waals surface area contributed by atoms with E-state index in [9.17, 15) is 18.0 Å². The van der Waals surface area contributed by atoms with Gasteiger partial charge in [-0.05, 0) is 24.3 Å². The molecule has 1 aromatic heterocycles. The quantitative estimate of drug-likeness (QED) is 0.898. The Morgan fingerprint density at radius 3 is 2.95 bits per heavy atom. The van der Waals surface area contributed by atoms with Crippen LogP contribution in [-0.2, 0) is 6.42 Å². The standard InChI is InChI=1S/C14H20F3N3OS/c1-19(6-5-12-3-2-8-22-12)13(21)18-11-4-7-20(9-11)10-14(15,16)17/h2-3,8,11H,4-7,9-10H2,1H3,(H,18,21). The number of carbonyl (C=O) groups is 1. The minimum absolute atomic E-state index is 0.209. The minimum Gasteiger partial charge on any atom is -0.334 e. The first-order valence-electron chi connectivity index (χ1n) is 7.16. The summed E-state index contributed by atoms with van der Waals surface area (Å²) < 4.78 is 37.0. The van der Waals surface area contributed by atoms with Crippen LogP contribution in [0.2, 0.25) is 0 Å². The molecule has 1 saturated heterocycles. The van der Waals surface area contributed by atoms with Gasteiger partial charge < -0.3 is 10.2 Å². The van der Waals surface area contributed by atoms with Gasteiger partial charge in [-0.2, -0.15) is 13.2 Å². The summed E-state index contributed by atoms with van der Waals surface area (Å²) in [4.78, 5) is 16.1. The van der Waals surface area contributed by atoms with Gasteiger partial charge in [0, 0.05) is 37.6 Å². The predicted molar refractivity (Wildman–Crippen MR) is 80.1 cm³/mol. The number of likely N-dealkylation sites (N-methyl/N-ethyl adjacent to an activating group) is 1. The number of carbonyl (C=O) groups excluding carboxylic acids is 1. The van der Waals surface area contributed by atoms with Crippen LogP contribution in [0.3, 0.4) is 0 Å². The smallest absolute Gasteiger partial charge is 0.334 e. The number of likely N-dealkylation sites (tertiary alicyclic amines) is 1. The highest BCUT2D eigenvalue weighted by Gasteiger charge is 2.34. The third kappa shape index (κ3) is 5.49. The molecule has 22 heavy (non-hydrogen) atoms. The molecule has 1 unspecified atom stereocenters. The minimum atomic E-state index is -4.18. The summed E-state index contributed by atoms with van der Waals surface area (Å²) in [6.45, 7) is 0.298. The van der Waals surface area contributed by atoms with E-state index in [1.165, 1.54) is 9.78 Å². The molecule has 1 aromatic rings. The summed E-state index contributed by atoms with van der Waals surface area (Å²) in [6.07, 6.45) is -2.84. The van der Waals surface area contributed by atoms with Crippen LogP contribution in [0.15, 0.2) is 17.5 Å². The van der Waals surface area contributed by atoms with E-state index >= 15 is 0 Å². The van der Waals surface area contributed by atoms with E-state index in [1.54, 1.807) is 23.3 Å². The highest BCUT2D eigenvalue weighted by molar-refractivity contribution is 7.09. The number of rotatable bonds is 5. The molecule has 0 spiro atoms. The monoisotopic (exact) mass is 335 g/mol. The van der Waals surface area contributed by atoms with Crippen LogP contribution in [-0.4, -0.2) is 61.3 Å². The molecule has 0 bridgehead atoms. The van der Waals surface area contributed by atoms with Crippen LogP contribution in [0.25, 0.3) is 0 Å². The largest absolute Gasteiger partial charge is 0.401 e. The molecule has 1 aliphatic heterocycles. The summed E-state index contributed by atoms with van der Waals surface area (Å²) in [5, 5.41) is 4.80. The highest BCUT2D eigenvalue weighted by Crippen LogP contribution is 2.20. The molecule has 0 saturated carbocycles. The van der Waals surface area contributed by atoms with Gasteiger partial charge in [0.25, 0.3) is 0 Å². The predicted octanol–water partition coefficient (Wildman–Crippen LogP) is 2.57. The lowest BCUT2D eigenvalue weighted by molar-refractivity contribution is -0.143. The average molecular weight is 335 g/mol. The first-order valence-corrected chi connectivity index (χ1v) is 8.04. The van der Waals surface area contributed by atoms with Crippen LogP contribution in [0.4, 0.5) is 18.0 Å². The van der Waals surface area contributed by atoms with Crippen molar-refractivity contribution in [3.63, 3.8) is 0 Å². The number of nitrogens with zero attached hydrogens (tertiary/aromatic N) is 2. The molecular weight excluding hydrogens is 315 g/mol. The second kappa shape index (κ2) is 7.32. The van der Waals surface area contributed by atoms with Gasteiger partial charge in [0.2, 0.25) is 0 Å². The van der Waals surface area contributed by atoms with Gasteiger partial charge in [-0.25, -0.2) is 4.79 Å². The first kappa shape index (κ1) is 17.1. The number of nitrogens with one attached hydrogen (secondary N) is 1. The van der Waals surface area contributed by atoms with Crippen molar-refractivity contribution in [2.45, 2.75) is 25.1 Å². The van der Waals surface area contributed by atoms with E-state index in [0.29, 0.717) is 19.5 Å². The normalized spacial score (nSPS) is 19.4. The van der Waals surface area contributed by atoms with Crippen molar-refractivity contribution in [2.75, 3.05) is 33.2 Å². The number of hydrogen-bond donors (Lipinski definition) is 1. The molecule has 0 aliphatic carbocycles. The molecule has 0 aromatic carbocycles. The van der Waals surface area contributed by atoms with E-state index in [2.05, 4.69) is 5.32 Å². The summed E-state index contributed by atoms with van der Waals surface area (Å²) in [7, 11) is 1.70. The Morgan fingerprint density at radius 1 is 1.55 bits per heavy atom. The zero-order valence-electron chi connectivity index (χ0n) is 12.4. The lowest BCUT2D eigenvalue weighted by Crippen LogP contribution is -2.45. The molecule has 2 rings (SSSR count). The fourth-order valence-corrected chi connectivity index (χ4v) is 3.16. The van der Waals surface area contributed by atoms with Crippen LogP contribution in [0, 0.1) is 0 Å². The van der Waals surface area contributed by atoms with E-state index < -0.39 is 12.7 Å². The van der Waals surface area contributed by atoms with Gasteiger partial charge in [0.15, 0.2) is 0 Å². The zero-order chi connectivity index (χ0) is 16.2. The van der Waals surface area contributed by atoms with E-state index in [0.717, 1.165) is 6.42 Å². The van der Waals surface area contributed by atoms with Gasteiger partial charge in [-0.15, -0.1) is 11.3 Å². The topological polar surface area (TPSA) is 35.6 Å². The van der Waals surface area contributed by atoms with Crippen LogP contribution in [0.5, 0.6) is 0 Å². The van der Waals surface area contributed by atoms with Crippen LogP contribution >= 0.6 is 11.3 Å². The van der Waals surface area contributed by atoms with Crippen molar-refractivity contribution in [3.05, 3.63) is 22.4 Å². The van der Waals surface area contributed by atoms with E-state index in [4.69, 9.17) is 0 Å². The third-order valence-corrected chi connectivity index (χ3v) is 4.56. The zero-order valence-corrected chi connectivity index (χ0v) is 13.2. The molecular formula is C14H20F3N3OS. The maximum atomic E-state index is 12.3. The molecule has 8 heteroatoms. The van der Waals surface area contributed by atoms with E-state index in [1.807, 2.05) is 17.5 Å². The number of urea groups is 1. The molecule has 2 heterocycles. The Hall–Kier alpha value is -1.28. The SMILES string of the molecule is CN(CCc1cccs1)C(=O)NC1CCN(CC(F)(F)F)C1. The second-order valence-corrected chi connectivity index (χ2v) is 6.57. The Balaban J connectivity index is 1.70. The fourth-order valence-electron chi connectivity index (χ4n) is 2.47. The summed E-state index contributed by atoms with van der Waals surface area (Å²) in [6, 6.07) is 3.55. The lowest BCUT2D eigenvalue weighted by Gasteiger charge is -2.21. The van der Waals surface area contributed by atoms with Crippen molar-refractivity contribution >= 4 is 17.4 Å². The van der Waals surface area contributed by atoms with Crippen molar-refractivity contribution < 1.29 is 18.0 Å². The van der Waals surface area contributed by atoms with Crippen molar-refractivity contribution in [3.8, 4) is 0 Å². The van der Waals surface area contributed by atoms with Gasteiger partial charge in [-0.1, -0.05) is 6.07 Å². The van der Waals surface area contributed by atoms with Gasteiger partial charge in [0.1, 0.15) is 0 Å². The van der Waals surface area contributed by atoms with Gasteiger partial charge in [-0.3, -0.25) is 4.90 Å². The van der Waals surface area contributed by atoms with Gasteiger partial charge in [0.05, 0.1) is 6.54 Å². The van der Waals surface area contributed by atoms with Crippen molar-refractivity contribution in [2.24, 2.45) is 0 Å². The molecule has 124 valence electrons. The molecule has 1 aliphatic rings. The molecule has 1 atom stereocenters. The van der Waals surface area contributed by atoms with Crippen molar-refractivity contribution in [1.82, 2.24) is 15.1 Å². The Kier molecular flexibility index (Phi) is 5.69. The maximum Gasteiger partial charge on any atom is 0.401 e. The number of hydrogen-bond acceptors (Lipinski definition) is 3. The van der Waals surface area contributed by atoms with E-state index in [-0.39, 0.29) is 18.6 Å². The average Bonchev–Trinajstić information content (AvgIpc) is 3.06. The second-order valence-electron chi connectivity index (χ2n) is 5.54. The number of thiophene rings is 1. The van der Waals surface area contributed by atoms with Gasteiger partial charge >= 0.3 is 12.2 Å². The lowest BCUT2D eigenvalue weighted by atomic mass is 10.3. The van der Waals surface area contributed by atoms with Crippen LogP contribution < -0.4 is 5.32 Å². The molecule has 2 amide bonds. The summed E-state index contributed by atoms with van der Waals surface area (Å²) in [5.41, 5.74) is 0. The Bertz CT molecular complexity index is 478. The first-order chi connectivity index (χ1) is 10.3. The van der Waals surface area contributed by atoms with Crippen LogP contribution in [0.1, 0.15) is 11.3 Å². The molecule has 0 radical (unpaired) electrons. The Morgan fingerprint density at radius 2 is 2.32 bits per heavy atom. The fraction of sp³-hybridized carbons (Fsp3) is 0.643. The molecule has 1 N–H and O–H groups in total. The Labute approximate surface area is 131 Å². The highest BCUT2D eigenvalue weighted by atomic mass is 32.1. The molecule has 4 nitrogen and oxygen atoms in total. The third-order valence-electron chi connectivity index (χ3n) is 3.62. The summed E-state index contributed by atoms with van der Waals surface area (Å²) in [5.74, 6) is 0. The molecule has 1 fully saturated rings. The summed E-state index contributed by atoms with van der Waals surface area (Å²) >= 11 is 1.64. The number of alkyl halides is 3.